The first kappa shape index (κ1) is 10.8. The Labute approximate surface area is 92.6 Å². The average Bonchev–Trinajstić information content (AvgIpc) is 3.02. The van der Waals surface area contributed by atoms with Gasteiger partial charge in [0.05, 0.1) is 0 Å². The van der Waals surface area contributed by atoms with Crippen molar-refractivity contribution in [3.63, 3.8) is 0 Å². The van der Waals surface area contributed by atoms with Gasteiger partial charge in [-0.2, -0.15) is 0 Å². The molecule has 0 saturated heterocycles. The highest BCUT2D eigenvalue weighted by atomic mass is 35.5. The minimum Gasteiger partial charge on any atom is -0.310 e. The predicted octanol–water partition coefficient (Wildman–Crippen LogP) is 3.17. The van der Waals surface area contributed by atoms with Gasteiger partial charge in [-0.3, -0.25) is 0 Å². The lowest BCUT2D eigenvalue weighted by molar-refractivity contribution is 0.216. The summed E-state index contributed by atoms with van der Waals surface area (Å²) >= 11 is 6.13. The number of hydrogen-bond donors (Lipinski definition) is 1. The van der Waals surface area contributed by atoms with Gasteiger partial charge in [0, 0.05) is 11.4 Å². The molecule has 0 spiro atoms. The van der Waals surface area contributed by atoms with E-state index in [1.54, 1.807) is 0 Å². The first-order chi connectivity index (χ1) is 6.74. The average molecular weight is 216 g/mol. The third-order valence-corrected chi connectivity index (χ3v) is 4.46. The van der Waals surface area contributed by atoms with E-state index in [2.05, 4.69) is 12.2 Å². The Hall–Kier alpha value is 0.250. The van der Waals surface area contributed by atoms with Crippen LogP contribution in [0.3, 0.4) is 0 Å². The third kappa shape index (κ3) is 2.64. The first-order valence-electron chi connectivity index (χ1n) is 6.05. The predicted molar refractivity (Wildman–Crippen MR) is 61.8 cm³/mol. The second-order valence-corrected chi connectivity index (χ2v) is 5.69. The Kier molecular flexibility index (Phi) is 3.38. The monoisotopic (exact) mass is 215 g/mol. The number of halogens is 1. The van der Waals surface area contributed by atoms with E-state index in [-0.39, 0.29) is 5.54 Å². The summed E-state index contributed by atoms with van der Waals surface area (Å²) in [6, 6.07) is 0. The van der Waals surface area contributed by atoms with Crippen LogP contribution in [0.1, 0.15) is 45.4 Å². The summed E-state index contributed by atoms with van der Waals surface area (Å²) in [5, 5.41) is 3.74. The lowest BCUT2D eigenvalue weighted by Gasteiger charge is -2.39. The molecule has 2 aliphatic carbocycles. The van der Waals surface area contributed by atoms with E-state index < -0.39 is 0 Å². The first-order valence-corrected chi connectivity index (χ1v) is 6.58. The fourth-order valence-corrected chi connectivity index (χ4v) is 2.72. The van der Waals surface area contributed by atoms with Crippen molar-refractivity contribution < 1.29 is 0 Å². The van der Waals surface area contributed by atoms with Gasteiger partial charge in [0.25, 0.3) is 0 Å². The van der Waals surface area contributed by atoms with Crippen LogP contribution in [0.5, 0.6) is 0 Å². The summed E-state index contributed by atoms with van der Waals surface area (Å²) in [7, 11) is 0. The molecule has 0 radical (unpaired) electrons. The van der Waals surface area contributed by atoms with E-state index in [9.17, 15) is 0 Å². The fraction of sp³-hybridized carbons (Fsp3) is 1.00. The van der Waals surface area contributed by atoms with Crippen molar-refractivity contribution in [1.82, 2.24) is 5.32 Å². The Balaban J connectivity index is 1.81. The van der Waals surface area contributed by atoms with Crippen molar-refractivity contribution in [1.29, 1.82) is 0 Å². The van der Waals surface area contributed by atoms with Gasteiger partial charge in [-0.15, -0.1) is 11.6 Å². The highest BCUT2D eigenvalue weighted by Crippen LogP contribution is 2.34. The molecule has 0 aromatic rings. The summed E-state index contributed by atoms with van der Waals surface area (Å²) in [6.45, 7) is 3.57. The van der Waals surface area contributed by atoms with Gasteiger partial charge in [0.1, 0.15) is 0 Å². The third-order valence-electron chi connectivity index (χ3n) is 3.95. The van der Waals surface area contributed by atoms with Crippen molar-refractivity contribution in [2.75, 3.05) is 12.4 Å². The summed E-state index contributed by atoms with van der Waals surface area (Å²) in [4.78, 5) is 0. The Morgan fingerprint density at radius 2 is 1.86 bits per heavy atom. The molecular formula is C12H22ClN. The maximum Gasteiger partial charge on any atom is 0.0406 e. The zero-order chi connectivity index (χ0) is 10.0. The van der Waals surface area contributed by atoms with E-state index in [4.69, 9.17) is 11.6 Å². The van der Waals surface area contributed by atoms with Crippen LogP contribution in [0.15, 0.2) is 0 Å². The van der Waals surface area contributed by atoms with Crippen LogP contribution in [0.25, 0.3) is 0 Å². The van der Waals surface area contributed by atoms with E-state index in [0.29, 0.717) is 0 Å². The number of alkyl halides is 1. The van der Waals surface area contributed by atoms with E-state index >= 15 is 0 Å². The fourth-order valence-electron chi connectivity index (χ4n) is 2.36. The van der Waals surface area contributed by atoms with Crippen LogP contribution in [-0.2, 0) is 0 Å². The SMILES string of the molecule is CC1CCC(CCl)(NCC2CC2)CC1. The molecule has 0 aliphatic heterocycles. The second-order valence-electron chi connectivity index (χ2n) is 5.42. The van der Waals surface area contributed by atoms with Crippen LogP contribution in [0.4, 0.5) is 0 Å². The van der Waals surface area contributed by atoms with Gasteiger partial charge in [0.15, 0.2) is 0 Å². The maximum absolute atomic E-state index is 6.13. The Morgan fingerprint density at radius 1 is 1.21 bits per heavy atom. The zero-order valence-electron chi connectivity index (χ0n) is 9.19. The Morgan fingerprint density at radius 3 is 2.36 bits per heavy atom. The summed E-state index contributed by atoms with van der Waals surface area (Å²) in [6.07, 6.45) is 8.13. The molecule has 0 unspecified atom stereocenters. The molecule has 2 fully saturated rings. The molecule has 1 nitrogen and oxygen atoms in total. The number of nitrogens with one attached hydrogen (secondary N) is 1. The van der Waals surface area contributed by atoms with Crippen molar-refractivity contribution in [2.24, 2.45) is 11.8 Å². The highest BCUT2D eigenvalue weighted by molar-refractivity contribution is 6.18. The van der Waals surface area contributed by atoms with Gasteiger partial charge in [-0.25, -0.2) is 0 Å². The number of hydrogen-bond acceptors (Lipinski definition) is 1. The smallest absolute Gasteiger partial charge is 0.0406 e. The Bertz CT molecular complexity index is 181. The summed E-state index contributed by atoms with van der Waals surface area (Å²) in [5.74, 6) is 2.68. The summed E-state index contributed by atoms with van der Waals surface area (Å²) in [5.41, 5.74) is 0.288. The van der Waals surface area contributed by atoms with Gasteiger partial charge >= 0.3 is 0 Å². The number of rotatable bonds is 4. The molecule has 2 aliphatic rings. The molecule has 1 N–H and O–H groups in total. The van der Waals surface area contributed by atoms with Crippen LogP contribution in [-0.4, -0.2) is 18.0 Å². The lowest BCUT2D eigenvalue weighted by Crippen LogP contribution is -2.50. The quantitative estimate of drug-likeness (QED) is 0.711. The van der Waals surface area contributed by atoms with Crippen molar-refractivity contribution >= 4 is 11.6 Å². The van der Waals surface area contributed by atoms with Gasteiger partial charge < -0.3 is 5.32 Å². The van der Waals surface area contributed by atoms with Crippen molar-refractivity contribution in [2.45, 2.75) is 51.0 Å². The van der Waals surface area contributed by atoms with Gasteiger partial charge in [-0.1, -0.05) is 6.92 Å². The molecule has 2 saturated carbocycles. The van der Waals surface area contributed by atoms with E-state index in [1.165, 1.54) is 45.1 Å². The van der Waals surface area contributed by atoms with Crippen LogP contribution >= 0.6 is 11.6 Å². The molecule has 0 bridgehead atoms. The largest absolute Gasteiger partial charge is 0.310 e. The molecule has 2 rings (SSSR count). The van der Waals surface area contributed by atoms with Crippen LogP contribution < -0.4 is 5.32 Å². The molecule has 14 heavy (non-hydrogen) atoms. The van der Waals surface area contributed by atoms with Crippen molar-refractivity contribution in [3.05, 3.63) is 0 Å². The van der Waals surface area contributed by atoms with Gasteiger partial charge in [0.2, 0.25) is 0 Å². The van der Waals surface area contributed by atoms with Crippen LogP contribution in [0, 0.1) is 11.8 Å². The molecule has 0 aromatic carbocycles. The van der Waals surface area contributed by atoms with E-state index in [0.717, 1.165) is 17.7 Å². The minimum absolute atomic E-state index is 0.288. The molecule has 0 aromatic heterocycles. The van der Waals surface area contributed by atoms with E-state index in [1.807, 2.05) is 0 Å². The molecule has 82 valence electrons. The van der Waals surface area contributed by atoms with Gasteiger partial charge in [-0.05, 0) is 56.9 Å². The topological polar surface area (TPSA) is 12.0 Å². The van der Waals surface area contributed by atoms with Crippen molar-refractivity contribution in [3.8, 4) is 0 Å². The lowest BCUT2D eigenvalue weighted by atomic mass is 9.78. The molecule has 0 heterocycles. The normalized spacial score (nSPS) is 38.6. The standard InChI is InChI=1S/C12H22ClN/c1-10-4-6-12(9-13,7-5-10)14-8-11-2-3-11/h10-11,14H,2-9H2,1H3. The maximum atomic E-state index is 6.13. The molecule has 0 amide bonds. The zero-order valence-corrected chi connectivity index (χ0v) is 9.95. The second kappa shape index (κ2) is 4.40. The summed E-state index contributed by atoms with van der Waals surface area (Å²) < 4.78 is 0. The molecule has 2 heteroatoms. The molecular weight excluding hydrogens is 194 g/mol. The molecule has 0 atom stereocenters. The minimum atomic E-state index is 0.288. The van der Waals surface area contributed by atoms with Crippen LogP contribution in [0.2, 0.25) is 0 Å². The highest BCUT2D eigenvalue weighted by Gasteiger charge is 2.34.